The van der Waals surface area contributed by atoms with E-state index in [4.69, 9.17) is 4.74 Å². The molecule has 0 aromatic carbocycles. The molecule has 5 heteroatoms. The molecule has 0 fully saturated rings. The van der Waals surface area contributed by atoms with E-state index in [0.717, 1.165) is 13.0 Å². The first-order valence-electron chi connectivity index (χ1n) is 6.82. The summed E-state index contributed by atoms with van der Waals surface area (Å²) < 4.78 is 7.06. The number of aryl methyl sites for hydroxylation is 1. The van der Waals surface area contributed by atoms with Crippen LogP contribution in [0.15, 0.2) is 18.5 Å². The monoisotopic (exact) mass is 267 g/mol. The Morgan fingerprint density at radius 3 is 3.00 bits per heavy atom. The normalized spacial score (nSPS) is 12.4. The molecule has 1 amide bonds. The van der Waals surface area contributed by atoms with Gasteiger partial charge in [0.1, 0.15) is 0 Å². The summed E-state index contributed by atoms with van der Waals surface area (Å²) in [4.78, 5) is 11.7. The lowest BCUT2D eigenvalue weighted by atomic mass is 10.2. The number of carbonyl (C=O) groups is 1. The van der Waals surface area contributed by atoms with E-state index in [-0.39, 0.29) is 11.9 Å². The molecule has 1 atom stereocenters. The van der Waals surface area contributed by atoms with E-state index in [2.05, 4.69) is 40.6 Å². The van der Waals surface area contributed by atoms with Crippen molar-refractivity contribution >= 4 is 5.91 Å². The van der Waals surface area contributed by atoms with Gasteiger partial charge in [0.25, 0.3) is 0 Å². The Labute approximate surface area is 115 Å². The molecule has 19 heavy (non-hydrogen) atoms. The molecule has 1 aromatic heterocycles. The Morgan fingerprint density at radius 2 is 2.32 bits per heavy atom. The number of hydrogen-bond acceptors (Lipinski definition) is 3. The van der Waals surface area contributed by atoms with Crippen molar-refractivity contribution in [3.8, 4) is 0 Å². The molecular weight excluding hydrogens is 242 g/mol. The lowest BCUT2D eigenvalue weighted by Gasteiger charge is -2.13. The average molecular weight is 267 g/mol. The number of aromatic nitrogens is 1. The minimum atomic E-state index is -0.202. The van der Waals surface area contributed by atoms with E-state index >= 15 is 0 Å². The van der Waals surface area contributed by atoms with E-state index in [0.29, 0.717) is 19.7 Å². The van der Waals surface area contributed by atoms with Gasteiger partial charge in [0.15, 0.2) is 0 Å². The molecule has 1 heterocycles. The summed E-state index contributed by atoms with van der Waals surface area (Å²) in [6.45, 7) is 6.85. The van der Waals surface area contributed by atoms with Crippen LogP contribution in [0.25, 0.3) is 0 Å². The lowest BCUT2D eigenvalue weighted by molar-refractivity contribution is -0.122. The maximum atomic E-state index is 11.7. The van der Waals surface area contributed by atoms with Gasteiger partial charge < -0.3 is 19.9 Å². The van der Waals surface area contributed by atoms with Gasteiger partial charge in [-0.25, -0.2) is 0 Å². The van der Waals surface area contributed by atoms with Crippen LogP contribution in [-0.4, -0.2) is 36.8 Å². The van der Waals surface area contributed by atoms with Crippen molar-refractivity contribution in [1.82, 2.24) is 15.2 Å². The molecule has 5 nitrogen and oxygen atoms in total. The fourth-order valence-electron chi connectivity index (χ4n) is 1.79. The number of hydrogen-bond donors (Lipinski definition) is 2. The summed E-state index contributed by atoms with van der Waals surface area (Å²) in [5, 5.41) is 6.03. The standard InChI is InChI=1S/C14H25N3O2/c1-4-7-17-8-5-13(11-17)10-16-12(2)14(18)15-6-9-19-3/h5,8,11-12,16H,4,6-7,9-10H2,1-3H3,(H,15,18). The third kappa shape index (κ3) is 5.89. The highest BCUT2D eigenvalue weighted by molar-refractivity contribution is 5.81. The second-order valence-electron chi connectivity index (χ2n) is 4.64. The first-order chi connectivity index (χ1) is 9.17. The molecule has 1 unspecified atom stereocenters. The summed E-state index contributed by atoms with van der Waals surface area (Å²) in [6, 6.07) is 1.88. The molecule has 1 aromatic rings. The van der Waals surface area contributed by atoms with E-state index < -0.39 is 0 Å². The van der Waals surface area contributed by atoms with Crippen molar-refractivity contribution in [2.75, 3.05) is 20.3 Å². The number of methoxy groups -OCH3 is 1. The minimum absolute atomic E-state index is 0.00467. The van der Waals surface area contributed by atoms with Crippen LogP contribution in [-0.2, 0) is 22.6 Å². The third-order valence-corrected chi connectivity index (χ3v) is 2.90. The molecule has 0 bridgehead atoms. The number of ether oxygens (including phenoxy) is 1. The minimum Gasteiger partial charge on any atom is -0.383 e. The molecular formula is C14H25N3O2. The molecule has 0 saturated carbocycles. The summed E-state index contributed by atoms with van der Waals surface area (Å²) >= 11 is 0. The zero-order valence-electron chi connectivity index (χ0n) is 12.1. The first kappa shape index (κ1) is 15.7. The highest BCUT2D eigenvalue weighted by Gasteiger charge is 2.11. The summed E-state index contributed by atoms with van der Waals surface area (Å²) in [7, 11) is 1.62. The van der Waals surface area contributed by atoms with E-state index in [1.54, 1.807) is 7.11 Å². The fraction of sp³-hybridized carbons (Fsp3) is 0.643. The zero-order chi connectivity index (χ0) is 14.1. The van der Waals surface area contributed by atoms with Crippen molar-refractivity contribution in [3.05, 3.63) is 24.0 Å². The third-order valence-electron chi connectivity index (χ3n) is 2.90. The number of amides is 1. The molecule has 1 rings (SSSR count). The SMILES string of the molecule is CCCn1ccc(CNC(C)C(=O)NCCOC)c1. The van der Waals surface area contributed by atoms with Gasteiger partial charge in [-0.2, -0.15) is 0 Å². The molecule has 2 N–H and O–H groups in total. The summed E-state index contributed by atoms with van der Waals surface area (Å²) in [5.74, 6) is 0.00467. The molecule has 0 aliphatic rings. The molecule has 0 saturated heterocycles. The molecule has 0 aliphatic heterocycles. The van der Waals surface area contributed by atoms with Crippen LogP contribution in [0.4, 0.5) is 0 Å². The number of rotatable bonds is 9. The topological polar surface area (TPSA) is 55.3 Å². The predicted octanol–water partition coefficient (Wildman–Crippen LogP) is 1.14. The zero-order valence-corrected chi connectivity index (χ0v) is 12.1. The second-order valence-corrected chi connectivity index (χ2v) is 4.64. The van der Waals surface area contributed by atoms with Gasteiger partial charge in [-0.05, 0) is 25.0 Å². The van der Waals surface area contributed by atoms with Gasteiger partial charge >= 0.3 is 0 Å². The van der Waals surface area contributed by atoms with Gasteiger partial charge in [0.05, 0.1) is 12.6 Å². The van der Waals surface area contributed by atoms with Crippen LogP contribution in [0.2, 0.25) is 0 Å². The number of nitrogens with zero attached hydrogens (tertiary/aromatic N) is 1. The number of carbonyl (C=O) groups excluding carboxylic acids is 1. The fourth-order valence-corrected chi connectivity index (χ4v) is 1.79. The van der Waals surface area contributed by atoms with Gasteiger partial charge in [-0.15, -0.1) is 0 Å². The first-order valence-corrected chi connectivity index (χ1v) is 6.82. The van der Waals surface area contributed by atoms with Crippen LogP contribution in [0, 0.1) is 0 Å². The van der Waals surface area contributed by atoms with E-state index in [1.807, 2.05) is 6.92 Å². The molecule has 0 aliphatic carbocycles. The van der Waals surface area contributed by atoms with Crippen LogP contribution in [0.1, 0.15) is 25.8 Å². The van der Waals surface area contributed by atoms with Crippen LogP contribution >= 0.6 is 0 Å². The quantitative estimate of drug-likeness (QED) is 0.660. The lowest BCUT2D eigenvalue weighted by Crippen LogP contribution is -2.42. The second kappa shape index (κ2) is 8.72. The Hall–Kier alpha value is -1.33. The Morgan fingerprint density at radius 1 is 1.53 bits per heavy atom. The Balaban J connectivity index is 2.28. The van der Waals surface area contributed by atoms with Crippen molar-refractivity contribution in [1.29, 1.82) is 0 Å². The van der Waals surface area contributed by atoms with Crippen LogP contribution in [0.3, 0.4) is 0 Å². The van der Waals surface area contributed by atoms with E-state index in [9.17, 15) is 4.79 Å². The molecule has 108 valence electrons. The summed E-state index contributed by atoms with van der Waals surface area (Å²) in [6.07, 6.45) is 5.32. The molecule has 0 radical (unpaired) electrons. The van der Waals surface area contributed by atoms with Crippen LogP contribution in [0.5, 0.6) is 0 Å². The van der Waals surface area contributed by atoms with Crippen molar-refractivity contribution in [2.45, 2.75) is 39.4 Å². The van der Waals surface area contributed by atoms with Crippen molar-refractivity contribution in [3.63, 3.8) is 0 Å². The summed E-state index contributed by atoms with van der Waals surface area (Å²) in [5.41, 5.74) is 1.20. The van der Waals surface area contributed by atoms with E-state index in [1.165, 1.54) is 5.56 Å². The molecule has 0 spiro atoms. The average Bonchev–Trinajstić information content (AvgIpc) is 2.84. The van der Waals surface area contributed by atoms with Gasteiger partial charge in [0, 0.05) is 39.1 Å². The highest BCUT2D eigenvalue weighted by atomic mass is 16.5. The highest BCUT2D eigenvalue weighted by Crippen LogP contribution is 2.02. The predicted molar refractivity (Wildman–Crippen MR) is 75.9 cm³/mol. The Bertz CT molecular complexity index is 377. The maximum Gasteiger partial charge on any atom is 0.236 e. The van der Waals surface area contributed by atoms with Gasteiger partial charge in [0.2, 0.25) is 5.91 Å². The van der Waals surface area contributed by atoms with Crippen molar-refractivity contribution < 1.29 is 9.53 Å². The number of nitrogens with one attached hydrogen (secondary N) is 2. The Kier molecular flexibility index (Phi) is 7.22. The smallest absolute Gasteiger partial charge is 0.236 e. The largest absolute Gasteiger partial charge is 0.383 e. The van der Waals surface area contributed by atoms with Crippen LogP contribution < -0.4 is 10.6 Å². The van der Waals surface area contributed by atoms with Crippen molar-refractivity contribution in [2.24, 2.45) is 0 Å². The maximum absolute atomic E-state index is 11.7. The van der Waals surface area contributed by atoms with Gasteiger partial charge in [-0.3, -0.25) is 4.79 Å². The van der Waals surface area contributed by atoms with Gasteiger partial charge in [-0.1, -0.05) is 6.92 Å².